The second-order valence-corrected chi connectivity index (χ2v) is 10.2. The number of methoxy groups -OCH3 is 2. The van der Waals surface area contributed by atoms with Crippen LogP contribution in [0, 0.1) is 6.92 Å². The predicted molar refractivity (Wildman–Crippen MR) is 131 cm³/mol. The first kappa shape index (κ1) is 22.5. The summed E-state index contributed by atoms with van der Waals surface area (Å²) in [5.41, 5.74) is 0.594. The van der Waals surface area contributed by atoms with Crippen LogP contribution in [0.25, 0.3) is 10.8 Å². The number of hydrogen-bond acceptors (Lipinski definition) is 5. The third kappa shape index (κ3) is 3.65. The molecule has 0 aliphatic rings. The maximum Gasteiger partial charge on any atom is 0.339 e. The Balaban J connectivity index is 2.26. The van der Waals surface area contributed by atoms with Crippen molar-refractivity contribution in [1.29, 1.82) is 0 Å². The highest BCUT2D eigenvalue weighted by Crippen LogP contribution is 2.46. The Kier molecular flexibility index (Phi) is 6.17. The van der Waals surface area contributed by atoms with Crippen molar-refractivity contribution in [3.8, 4) is 0 Å². The summed E-state index contributed by atoms with van der Waals surface area (Å²) < 4.78 is 25.3. The molecular weight excluding hydrogens is 435 g/mol. The third-order valence-electron chi connectivity index (χ3n) is 5.77. The van der Waals surface area contributed by atoms with Crippen LogP contribution in [0.4, 0.5) is 0 Å². The lowest BCUT2D eigenvalue weighted by molar-refractivity contribution is 0.0556. The van der Waals surface area contributed by atoms with E-state index in [1.807, 2.05) is 72.8 Å². The highest BCUT2D eigenvalue weighted by Gasteiger charge is 2.37. The summed E-state index contributed by atoms with van der Waals surface area (Å²) in [5, 5.41) is 2.87. The molecule has 0 saturated heterocycles. The molecule has 4 rings (SSSR count). The van der Waals surface area contributed by atoms with E-state index in [4.69, 9.17) is 9.47 Å². The minimum atomic E-state index is -3.46. The van der Waals surface area contributed by atoms with Gasteiger partial charge in [0.1, 0.15) is 0 Å². The van der Waals surface area contributed by atoms with Gasteiger partial charge in [0.25, 0.3) is 0 Å². The molecule has 0 atom stereocenters. The van der Waals surface area contributed by atoms with Crippen molar-refractivity contribution < 1.29 is 23.6 Å². The van der Waals surface area contributed by atoms with Gasteiger partial charge in [-0.05, 0) is 23.3 Å². The Morgan fingerprint density at radius 1 is 0.636 bits per heavy atom. The molecule has 0 N–H and O–H groups in total. The number of benzene rings is 4. The third-order valence-corrected chi connectivity index (χ3v) is 9.02. The first-order valence-corrected chi connectivity index (χ1v) is 12.1. The van der Waals surface area contributed by atoms with Gasteiger partial charge in [0.2, 0.25) is 0 Å². The van der Waals surface area contributed by atoms with Crippen molar-refractivity contribution in [2.75, 3.05) is 14.2 Å². The number of carbonyl (C=O) groups is 2. The first-order chi connectivity index (χ1) is 15.9. The highest BCUT2D eigenvalue weighted by molar-refractivity contribution is 7.85. The average molecular weight is 458 g/mol. The topological polar surface area (TPSA) is 69.7 Å². The molecule has 4 aromatic rings. The van der Waals surface area contributed by atoms with Gasteiger partial charge in [0.05, 0.1) is 25.3 Å². The molecule has 0 aliphatic carbocycles. The van der Waals surface area contributed by atoms with E-state index in [0.717, 1.165) is 0 Å². The van der Waals surface area contributed by atoms with Gasteiger partial charge in [-0.2, -0.15) is 0 Å². The lowest BCUT2D eigenvalue weighted by Gasteiger charge is -2.26. The maximum atomic E-state index is 15.2. The zero-order chi connectivity index (χ0) is 23.6. The normalized spacial score (nSPS) is 11.2. The van der Waals surface area contributed by atoms with E-state index in [1.54, 1.807) is 19.1 Å². The maximum absolute atomic E-state index is 15.2. The molecule has 0 fully saturated rings. The lowest BCUT2D eigenvalue weighted by Crippen LogP contribution is -2.30. The fraction of sp³-hybridized carbons (Fsp3) is 0.111. The number of hydrogen-bond donors (Lipinski definition) is 0. The summed E-state index contributed by atoms with van der Waals surface area (Å²) in [6.45, 7) is 1.71. The van der Waals surface area contributed by atoms with Crippen LogP contribution in [0.5, 0.6) is 0 Å². The van der Waals surface area contributed by atoms with Crippen molar-refractivity contribution in [3.63, 3.8) is 0 Å². The van der Waals surface area contributed by atoms with Gasteiger partial charge < -0.3 is 14.0 Å². The molecule has 5 nitrogen and oxygen atoms in total. The molecule has 0 bridgehead atoms. The number of esters is 2. The summed E-state index contributed by atoms with van der Waals surface area (Å²) in [6.07, 6.45) is 0. The standard InChI is InChI=1S/C27H23O5P/c1-18-23(26(28)31-2)24(27(29)32-3)21-16-10-11-17-22(21)25(18)33(30,19-12-6-4-7-13-19)20-14-8-5-9-15-20/h4-17H,1-3H3. The molecule has 0 spiro atoms. The summed E-state index contributed by atoms with van der Waals surface area (Å²) in [6, 6.07) is 25.5. The van der Waals surface area contributed by atoms with E-state index in [-0.39, 0.29) is 11.1 Å². The molecule has 0 amide bonds. The van der Waals surface area contributed by atoms with Gasteiger partial charge in [-0.1, -0.05) is 84.9 Å². The van der Waals surface area contributed by atoms with E-state index < -0.39 is 19.1 Å². The highest BCUT2D eigenvalue weighted by atomic mass is 31.2. The molecule has 0 radical (unpaired) electrons. The number of fused-ring (bicyclic) bond motifs is 1. The molecule has 4 aromatic carbocycles. The van der Waals surface area contributed by atoms with Gasteiger partial charge >= 0.3 is 11.9 Å². The van der Waals surface area contributed by atoms with E-state index in [0.29, 0.717) is 32.2 Å². The van der Waals surface area contributed by atoms with Crippen LogP contribution in [0.2, 0.25) is 0 Å². The molecule has 0 aromatic heterocycles. The minimum absolute atomic E-state index is 0.0603. The van der Waals surface area contributed by atoms with Crippen molar-refractivity contribution in [3.05, 3.63) is 102 Å². The fourth-order valence-corrected chi connectivity index (χ4v) is 7.43. The SMILES string of the molecule is COC(=O)c1c(C)c(P(=O)(c2ccccc2)c2ccccc2)c2ccccc2c1C(=O)OC. The molecular formula is C27H23O5P. The average Bonchev–Trinajstić information content (AvgIpc) is 2.87. The van der Waals surface area contributed by atoms with Gasteiger partial charge in [0, 0.05) is 15.9 Å². The van der Waals surface area contributed by atoms with Crippen LogP contribution < -0.4 is 15.9 Å². The van der Waals surface area contributed by atoms with Gasteiger partial charge in [0.15, 0.2) is 7.14 Å². The van der Waals surface area contributed by atoms with Gasteiger partial charge in [-0.25, -0.2) is 9.59 Å². The predicted octanol–water partition coefficient (Wildman–Crippen LogP) is 4.36. The van der Waals surface area contributed by atoms with Crippen LogP contribution in [0.15, 0.2) is 84.9 Å². The Morgan fingerprint density at radius 3 is 1.55 bits per heavy atom. The number of ether oxygens (including phenoxy) is 2. The molecule has 0 unspecified atom stereocenters. The van der Waals surface area contributed by atoms with Crippen molar-refractivity contribution in [1.82, 2.24) is 0 Å². The Morgan fingerprint density at radius 2 is 1.06 bits per heavy atom. The number of carbonyl (C=O) groups excluding carboxylic acids is 2. The Labute approximate surface area is 192 Å². The van der Waals surface area contributed by atoms with E-state index >= 15 is 4.57 Å². The van der Waals surface area contributed by atoms with Crippen molar-refractivity contribution >= 4 is 45.8 Å². The second kappa shape index (κ2) is 9.05. The monoisotopic (exact) mass is 458 g/mol. The van der Waals surface area contributed by atoms with Gasteiger partial charge in [-0.15, -0.1) is 0 Å². The van der Waals surface area contributed by atoms with Crippen molar-refractivity contribution in [2.45, 2.75) is 6.92 Å². The summed E-state index contributed by atoms with van der Waals surface area (Å²) in [5.74, 6) is -1.34. The minimum Gasteiger partial charge on any atom is -0.465 e. The molecule has 0 heterocycles. The van der Waals surface area contributed by atoms with Crippen LogP contribution in [-0.2, 0) is 14.0 Å². The van der Waals surface area contributed by atoms with Crippen molar-refractivity contribution in [2.24, 2.45) is 0 Å². The Bertz CT molecular complexity index is 1350. The lowest BCUT2D eigenvalue weighted by atomic mass is 9.94. The van der Waals surface area contributed by atoms with Gasteiger partial charge in [-0.3, -0.25) is 0 Å². The molecule has 0 aliphatic heterocycles. The summed E-state index contributed by atoms with van der Waals surface area (Å²) in [4.78, 5) is 25.8. The van der Waals surface area contributed by atoms with Crippen LogP contribution in [0.3, 0.4) is 0 Å². The van der Waals surface area contributed by atoms with Crippen LogP contribution in [-0.4, -0.2) is 26.2 Å². The number of rotatable bonds is 5. The van der Waals surface area contributed by atoms with Crippen LogP contribution >= 0.6 is 7.14 Å². The van der Waals surface area contributed by atoms with E-state index in [9.17, 15) is 9.59 Å². The molecule has 0 saturated carbocycles. The smallest absolute Gasteiger partial charge is 0.339 e. The molecule has 166 valence electrons. The molecule has 33 heavy (non-hydrogen) atoms. The molecule has 6 heteroatoms. The first-order valence-electron chi connectivity index (χ1n) is 10.4. The van der Waals surface area contributed by atoms with E-state index in [2.05, 4.69) is 0 Å². The Hall–Kier alpha value is -3.69. The van der Waals surface area contributed by atoms with E-state index in [1.165, 1.54) is 14.2 Å². The fourth-order valence-electron chi connectivity index (χ4n) is 4.31. The summed E-state index contributed by atoms with van der Waals surface area (Å²) >= 11 is 0. The largest absolute Gasteiger partial charge is 0.465 e. The second-order valence-electron chi connectivity index (χ2n) is 7.53. The zero-order valence-electron chi connectivity index (χ0n) is 18.6. The van der Waals surface area contributed by atoms with Crippen LogP contribution in [0.1, 0.15) is 26.3 Å². The zero-order valence-corrected chi connectivity index (χ0v) is 19.5. The summed E-state index contributed by atoms with van der Waals surface area (Å²) in [7, 11) is -0.935. The quantitative estimate of drug-likeness (QED) is 0.328.